The van der Waals surface area contributed by atoms with E-state index in [1.54, 1.807) is 11.8 Å². The van der Waals surface area contributed by atoms with E-state index in [1.165, 1.54) is 0 Å². The summed E-state index contributed by atoms with van der Waals surface area (Å²) in [4.78, 5) is 4.24. The summed E-state index contributed by atoms with van der Waals surface area (Å²) in [5, 5.41) is 0.719. The molecule has 0 rings (SSSR count). The Bertz CT molecular complexity index is 112. The van der Waals surface area contributed by atoms with Crippen molar-refractivity contribution in [2.24, 2.45) is 10.7 Å². The van der Waals surface area contributed by atoms with Crippen LogP contribution in [0.3, 0.4) is 0 Å². The highest BCUT2D eigenvalue weighted by molar-refractivity contribution is 8.13. The smallest absolute Gasteiger partial charge is 0.154 e. The van der Waals surface area contributed by atoms with Gasteiger partial charge in [-0.1, -0.05) is 25.6 Å². The molecule has 0 aromatic heterocycles. The molecular formula is C7H16N2S. The van der Waals surface area contributed by atoms with E-state index < -0.39 is 0 Å². The molecule has 0 aliphatic heterocycles. The van der Waals surface area contributed by atoms with Crippen molar-refractivity contribution in [3.63, 3.8) is 0 Å². The molecule has 1 unspecified atom stereocenters. The molecule has 0 aromatic rings. The summed E-state index contributed by atoms with van der Waals surface area (Å²) < 4.78 is 0. The normalized spacial score (nSPS) is 15.3. The number of aliphatic imine (C=N–C) groups is 1. The van der Waals surface area contributed by atoms with E-state index in [0.717, 1.165) is 17.3 Å². The van der Waals surface area contributed by atoms with Crippen LogP contribution in [0.2, 0.25) is 0 Å². The molecule has 0 aromatic carbocycles. The van der Waals surface area contributed by atoms with Gasteiger partial charge in [0.25, 0.3) is 0 Å². The minimum absolute atomic E-state index is 0.374. The van der Waals surface area contributed by atoms with Crippen LogP contribution in [0.5, 0.6) is 0 Å². The van der Waals surface area contributed by atoms with Gasteiger partial charge in [-0.3, -0.25) is 4.99 Å². The third kappa shape index (κ3) is 4.68. The number of nitrogens with two attached hydrogens (primary N) is 1. The Hall–Kier alpha value is -0.180. The summed E-state index contributed by atoms with van der Waals surface area (Å²) in [5.41, 5.74) is 5.57. The number of thioether (sulfide) groups is 1. The summed E-state index contributed by atoms with van der Waals surface area (Å²) in [6, 6.07) is 0.374. The summed E-state index contributed by atoms with van der Waals surface area (Å²) in [7, 11) is 0. The second kappa shape index (κ2) is 5.59. The maximum Gasteiger partial charge on any atom is 0.154 e. The first-order valence-electron chi connectivity index (χ1n) is 3.66. The van der Waals surface area contributed by atoms with E-state index in [1.807, 2.05) is 0 Å². The summed E-state index contributed by atoms with van der Waals surface area (Å²) in [6.07, 6.45) is 1.06. The van der Waals surface area contributed by atoms with Crippen LogP contribution >= 0.6 is 11.8 Å². The van der Waals surface area contributed by atoms with Crippen LogP contribution in [0.15, 0.2) is 4.99 Å². The maximum atomic E-state index is 5.57. The molecule has 0 saturated carbocycles. The highest BCUT2D eigenvalue weighted by Gasteiger charge is 1.95. The molecule has 0 fully saturated rings. The molecule has 0 aliphatic carbocycles. The van der Waals surface area contributed by atoms with Gasteiger partial charge in [-0.15, -0.1) is 0 Å². The number of hydrogen-bond donors (Lipinski definition) is 1. The molecule has 0 bridgehead atoms. The fraction of sp³-hybridized carbons (Fsp3) is 0.857. The Labute approximate surface area is 67.3 Å². The average Bonchev–Trinajstić information content (AvgIpc) is 1.88. The molecule has 2 N–H and O–H groups in total. The molecule has 1 atom stereocenters. The second-order valence-corrected chi connectivity index (χ2v) is 3.44. The first-order chi connectivity index (χ1) is 4.70. The average molecular weight is 160 g/mol. The number of amidine groups is 1. The Morgan fingerprint density at radius 2 is 2.20 bits per heavy atom. The van der Waals surface area contributed by atoms with E-state index in [0.29, 0.717) is 6.04 Å². The largest absolute Gasteiger partial charge is 0.379 e. The molecule has 0 heterocycles. The Morgan fingerprint density at radius 3 is 2.60 bits per heavy atom. The molecule has 60 valence electrons. The zero-order valence-electron chi connectivity index (χ0n) is 6.92. The maximum absolute atomic E-state index is 5.57. The van der Waals surface area contributed by atoms with Gasteiger partial charge in [0.1, 0.15) is 0 Å². The van der Waals surface area contributed by atoms with E-state index >= 15 is 0 Å². The monoisotopic (exact) mass is 160 g/mol. The van der Waals surface area contributed by atoms with Crippen LogP contribution in [0, 0.1) is 0 Å². The molecule has 2 nitrogen and oxygen atoms in total. The highest BCUT2D eigenvalue weighted by Crippen LogP contribution is 2.02. The molecule has 10 heavy (non-hydrogen) atoms. The first-order valence-corrected chi connectivity index (χ1v) is 4.65. The lowest BCUT2D eigenvalue weighted by Gasteiger charge is -2.02. The van der Waals surface area contributed by atoms with Crippen molar-refractivity contribution in [1.29, 1.82) is 0 Å². The fourth-order valence-electron chi connectivity index (χ4n) is 0.494. The van der Waals surface area contributed by atoms with Crippen LogP contribution in [-0.2, 0) is 0 Å². The quantitative estimate of drug-likeness (QED) is 0.505. The van der Waals surface area contributed by atoms with Crippen LogP contribution in [0.4, 0.5) is 0 Å². The first kappa shape index (κ1) is 9.82. The molecular weight excluding hydrogens is 144 g/mol. The summed E-state index contributed by atoms with van der Waals surface area (Å²) in [5.74, 6) is 1.01. The third-order valence-electron chi connectivity index (χ3n) is 1.23. The Morgan fingerprint density at radius 1 is 1.60 bits per heavy atom. The predicted molar refractivity (Wildman–Crippen MR) is 49.5 cm³/mol. The van der Waals surface area contributed by atoms with Gasteiger partial charge >= 0.3 is 0 Å². The Kier molecular flexibility index (Phi) is 5.49. The molecule has 0 aliphatic rings. The van der Waals surface area contributed by atoms with Crippen LogP contribution < -0.4 is 5.73 Å². The van der Waals surface area contributed by atoms with Crippen molar-refractivity contribution in [1.82, 2.24) is 0 Å². The lowest BCUT2D eigenvalue weighted by molar-refractivity contribution is 0.718. The summed E-state index contributed by atoms with van der Waals surface area (Å²) in [6.45, 7) is 6.25. The van der Waals surface area contributed by atoms with Gasteiger partial charge in [-0.2, -0.15) is 0 Å². The van der Waals surface area contributed by atoms with Crippen molar-refractivity contribution in [3.05, 3.63) is 0 Å². The van der Waals surface area contributed by atoms with Gasteiger partial charge in [0.05, 0.1) is 0 Å². The fourth-order valence-corrected chi connectivity index (χ4v) is 1.04. The predicted octanol–water partition coefficient (Wildman–Crippen LogP) is 1.85. The van der Waals surface area contributed by atoms with E-state index in [2.05, 4.69) is 25.8 Å². The molecule has 0 amide bonds. The van der Waals surface area contributed by atoms with Gasteiger partial charge in [0.2, 0.25) is 0 Å². The molecule has 3 heteroatoms. The van der Waals surface area contributed by atoms with E-state index in [4.69, 9.17) is 5.73 Å². The second-order valence-electron chi connectivity index (χ2n) is 2.16. The zero-order valence-corrected chi connectivity index (χ0v) is 7.74. The zero-order chi connectivity index (χ0) is 7.98. The van der Waals surface area contributed by atoms with Gasteiger partial charge in [0, 0.05) is 6.04 Å². The van der Waals surface area contributed by atoms with Gasteiger partial charge in [0.15, 0.2) is 5.17 Å². The molecule has 0 spiro atoms. The van der Waals surface area contributed by atoms with Crippen LogP contribution in [0.25, 0.3) is 0 Å². The van der Waals surface area contributed by atoms with Crippen molar-refractivity contribution in [2.45, 2.75) is 33.2 Å². The van der Waals surface area contributed by atoms with Crippen molar-refractivity contribution >= 4 is 16.9 Å². The highest BCUT2D eigenvalue weighted by atomic mass is 32.2. The third-order valence-corrected chi connectivity index (χ3v) is 1.92. The summed E-state index contributed by atoms with van der Waals surface area (Å²) >= 11 is 1.60. The lowest BCUT2D eigenvalue weighted by Crippen LogP contribution is -2.10. The number of nitrogens with zero attached hydrogens (tertiary/aromatic N) is 1. The Balaban J connectivity index is 3.65. The van der Waals surface area contributed by atoms with E-state index in [9.17, 15) is 0 Å². The van der Waals surface area contributed by atoms with Gasteiger partial charge < -0.3 is 5.73 Å². The van der Waals surface area contributed by atoms with E-state index in [-0.39, 0.29) is 0 Å². The number of hydrogen-bond acceptors (Lipinski definition) is 2. The minimum Gasteiger partial charge on any atom is -0.379 e. The topological polar surface area (TPSA) is 38.4 Å². The van der Waals surface area contributed by atoms with Crippen molar-refractivity contribution < 1.29 is 0 Å². The van der Waals surface area contributed by atoms with Crippen molar-refractivity contribution in [3.8, 4) is 0 Å². The van der Waals surface area contributed by atoms with Crippen LogP contribution in [0.1, 0.15) is 27.2 Å². The van der Waals surface area contributed by atoms with Gasteiger partial charge in [-0.25, -0.2) is 0 Å². The van der Waals surface area contributed by atoms with Crippen molar-refractivity contribution in [2.75, 3.05) is 5.75 Å². The SMILES string of the molecule is CCS/C(N)=N\C(C)CC. The number of rotatable bonds is 3. The molecule has 0 radical (unpaired) electrons. The lowest BCUT2D eigenvalue weighted by atomic mass is 10.3. The molecule has 0 saturated heterocycles. The minimum atomic E-state index is 0.374. The van der Waals surface area contributed by atoms with Gasteiger partial charge in [-0.05, 0) is 19.1 Å². The standard InChI is InChI=1S/C7H16N2S/c1-4-6(3)9-7(8)10-5-2/h6H,4-5H2,1-3H3,(H2,8,9). The van der Waals surface area contributed by atoms with Crippen LogP contribution in [-0.4, -0.2) is 17.0 Å².